The Labute approximate surface area is 203 Å². The minimum Gasteiger partial charge on any atom is -0.349 e. The van der Waals surface area contributed by atoms with Crippen LogP contribution in [0.2, 0.25) is 0 Å². The summed E-state index contributed by atoms with van der Waals surface area (Å²) >= 11 is 0. The van der Waals surface area contributed by atoms with Gasteiger partial charge in [0.25, 0.3) is 11.8 Å². The molecule has 1 saturated heterocycles. The molecule has 10 heteroatoms. The standard InChI is InChI=1S/C25H27N5O4S/c1-14-22-20(25(32)27-18-4-2-3-16(11-18)24(31)26-17-7-8-17)12-21(15-5-6-15)28-23(22)30(29-14)19-9-10-35(33,34)13-19/h2-4,11-12,15,17,19H,5-10,13H2,1H3,(H,26,31)(H,27,32)/t19-/m0/s1. The normalized spacial score (nSPS) is 21.2. The van der Waals surface area contributed by atoms with Crippen LogP contribution in [-0.4, -0.2) is 52.5 Å². The predicted molar refractivity (Wildman–Crippen MR) is 131 cm³/mol. The van der Waals surface area contributed by atoms with Gasteiger partial charge in [-0.2, -0.15) is 5.10 Å². The van der Waals surface area contributed by atoms with Crippen LogP contribution in [0.4, 0.5) is 5.69 Å². The van der Waals surface area contributed by atoms with E-state index < -0.39 is 9.84 Å². The summed E-state index contributed by atoms with van der Waals surface area (Å²) < 4.78 is 25.9. The van der Waals surface area contributed by atoms with Crippen LogP contribution in [0.25, 0.3) is 11.0 Å². The second-order valence-corrected chi connectivity index (χ2v) is 12.2. The van der Waals surface area contributed by atoms with Gasteiger partial charge in [-0.3, -0.25) is 9.59 Å². The zero-order chi connectivity index (χ0) is 24.3. The Morgan fingerprint density at radius 3 is 2.54 bits per heavy atom. The number of hydrogen-bond donors (Lipinski definition) is 2. The van der Waals surface area contributed by atoms with E-state index in [4.69, 9.17) is 4.98 Å². The fraction of sp³-hybridized carbons (Fsp3) is 0.440. The summed E-state index contributed by atoms with van der Waals surface area (Å²) in [5.41, 5.74) is 3.54. The highest BCUT2D eigenvalue weighted by atomic mass is 32.2. The van der Waals surface area contributed by atoms with Crippen molar-refractivity contribution in [3.05, 3.63) is 52.8 Å². The monoisotopic (exact) mass is 493 g/mol. The minimum absolute atomic E-state index is 0.0375. The van der Waals surface area contributed by atoms with Gasteiger partial charge in [-0.1, -0.05) is 6.07 Å². The molecule has 2 aliphatic carbocycles. The maximum absolute atomic E-state index is 13.5. The highest BCUT2D eigenvalue weighted by molar-refractivity contribution is 7.91. The molecule has 6 rings (SSSR count). The van der Waals surface area contributed by atoms with Gasteiger partial charge in [0.1, 0.15) is 0 Å². The zero-order valence-corrected chi connectivity index (χ0v) is 20.3. The third-order valence-electron chi connectivity index (χ3n) is 6.95. The Morgan fingerprint density at radius 2 is 1.86 bits per heavy atom. The zero-order valence-electron chi connectivity index (χ0n) is 19.5. The molecule has 182 valence electrons. The first kappa shape index (κ1) is 22.2. The van der Waals surface area contributed by atoms with E-state index in [0.29, 0.717) is 45.9 Å². The molecule has 2 aromatic heterocycles. The third kappa shape index (κ3) is 4.42. The predicted octanol–water partition coefficient (Wildman–Crippen LogP) is 3.12. The molecule has 9 nitrogen and oxygen atoms in total. The Hall–Kier alpha value is -3.27. The van der Waals surface area contributed by atoms with Crippen molar-refractivity contribution in [3.8, 4) is 0 Å². The first-order valence-electron chi connectivity index (χ1n) is 12.1. The molecule has 3 aromatic rings. The summed E-state index contributed by atoms with van der Waals surface area (Å²) in [6.07, 6.45) is 4.53. The van der Waals surface area contributed by atoms with Gasteiger partial charge in [0.2, 0.25) is 0 Å². The van der Waals surface area contributed by atoms with Crippen molar-refractivity contribution < 1.29 is 18.0 Å². The maximum atomic E-state index is 13.5. The van der Waals surface area contributed by atoms with E-state index in [-0.39, 0.29) is 35.4 Å². The van der Waals surface area contributed by atoms with Crippen molar-refractivity contribution in [3.63, 3.8) is 0 Å². The van der Waals surface area contributed by atoms with Gasteiger partial charge >= 0.3 is 0 Å². The molecule has 0 spiro atoms. The molecule has 2 amide bonds. The van der Waals surface area contributed by atoms with Crippen LogP contribution in [0.5, 0.6) is 0 Å². The van der Waals surface area contributed by atoms with E-state index in [2.05, 4.69) is 15.7 Å². The van der Waals surface area contributed by atoms with Crippen LogP contribution in [-0.2, 0) is 9.84 Å². The number of anilines is 1. The summed E-state index contributed by atoms with van der Waals surface area (Å²) in [6.45, 7) is 1.82. The van der Waals surface area contributed by atoms with Crippen molar-refractivity contribution in [1.82, 2.24) is 20.1 Å². The summed E-state index contributed by atoms with van der Waals surface area (Å²) in [4.78, 5) is 30.8. The first-order valence-corrected chi connectivity index (χ1v) is 13.9. The van der Waals surface area contributed by atoms with Crippen LogP contribution in [0.3, 0.4) is 0 Å². The lowest BCUT2D eigenvalue weighted by atomic mass is 10.1. The van der Waals surface area contributed by atoms with Crippen LogP contribution in [0.1, 0.15) is 76.2 Å². The SMILES string of the molecule is Cc1nn([C@H]2CCS(=O)(=O)C2)c2nc(C3CC3)cc(C(=O)Nc3cccc(C(=O)NC4CC4)c3)c12. The molecule has 1 aromatic carbocycles. The molecule has 0 radical (unpaired) electrons. The maximum Gasteiger partial charge on any atom is 0.256 e. The van der Waals surface area contributed by atoms with Crippen molar-refractivity contribution in [2.75, 3.05) is 16.8 Å². The number of hydrogen-bond acceptors (Lipinski definition) is 6. The van der Waals surface area contributed by atoms with Gasteiger partial charge in [0, 0.05) is 28.9 Å². The lowest BCUT2D eigenvalue weighted by molar-refractivity contribution is 0.0949. The Morgan fingerprint density at radius 1 is 1.06 bits per heavy atom. The van der Waals surface area contributed by atoms with E-state index in [9.17, 15) is 18.0 Å². The van der Waals surface area contributed by atoms with E-state index in [1.54, 1.807) is 28.9 Å². The molecule has 0 bridgehead atoms. The largest absolute Gasteiger partial charge is 0.349 e. The van der Waals surface area contributed by atoms with E-state index >= 15 is 0 Å². The molecule has 3 fully saturated rings. The highest BCUT2D eigenvalue weighted by Gasteiger charge is 2.34. The number of sulfone groups is 1. The third-order valence-corrected chi connectivity index (χ3v) is 8.70. The van der Waals surface area contributed by atoms with Crippen molar-refractivity contribution in [1.29, 1.82) is 0 Å². The number of nitrogens with one attached hydrogen (secondary N) is 2. The van der Waals surface area contributed by atoms with E-state index in [1.807, 2.05) is 13.0 Å². The molecule has 1 aliphatic heterocycles. The van der Waals surface area contributed by atoms with Gasteiger partial charge < -0.3 is 10.6 Å². The van der Waals surface area contributed by atoms with Crippen LogP contribution in [0.15, 0.2) is 30.3 Å². The number of amides is 2. The lowest BCUT2D eigenvalue weighted by Crippen LogP contribution is -2.25. The van der Waals surface area contributed by atoms with E-state index in [0.717, 1.165) is 31.4 Å². The number of nitrogens with zero attached hydrogens (tertiary/aromatic N) is 3. The van der Waals surface area contributed by atoms with Gasteiger partial charge in [-0.15, -0.1) is 0 Å². The average molecular weight is 494 g/mol. The smallest absolute Gasteiger partial charge is 0.256 e. The average Bonchev–Trinajstić information content (AvgIpc) is 3.75. The van der Waals surface area contributed by atoms with Gasteiger partial charge in [-0.25, -0.2) is 18.1 Å². The molecule has 3 heterocycles. The lowest BCUT2D eigenvalue weighted by Gasteiger charge is -2.12. The van der Waals surface area contributed by atoms with Gasteiger partial charge in [-0.05, 0) is 63.3 Å². The number of aromatic nitrogens is 3. The topological polar surface area (TPSA) is 123 Å². The Bertz CT molecular complexity index is 1470. The summed E-state index contributed by atoms with van der Waals surface area (Å²) in [5.74, 6) is 0.0282. The van der Waals surface area contributed by atoms with E-state index in [1.165, 1.54) is 0 Å². The summed E-state index contributed by atoms with van der Waals surface area (Å²) in [6, 6.07) is 8.72. The molecule has 35 heavy (non-hydrogen) atoms. The first-order chi connectivity index (χ1) is 16.8. The van der Waals surface area contributed by atoms with Crippen LogP contribution in [0, 0.1) is 6.92 Å². The number of fused-ring (bicyclic) bond motifs is 1. The molecule has 0 unspecified atom stereocenters. The summed E-state index contributed by atoms with van der Waals surface area (Å²) in [7, 11) is -3.10. The number of pyridine rings is 1. The molecule has 2 saturated carbocycles. The van der Waals surface area contributed by atoms with Gasteiger partial charge in [0.15, 0.2) is 15.5 Å². The van der Waals surface area contributed by atoms with Gasteiger partial charge in [0.05, 0.1) is 34.2 Å². The fourth-order valence-electron chi connectivity index (χ4n) is 4.76. The van der Waals surface area contributed by atoms with Crippen molar-refractivity contribution >= 4 is 38.4 Å². The van der Waals surface area contributed by atoms with Crippen LogP contribution >= 0.6 is 0 Å². The number of rotatable bonds is 6. The molecule has 1 atom stereocenters. The molecule has 2 N–H and O–H groups in total. The molecule has 3 aliphatic rings. The number of carbonyl (C=O) groups is 2. The second-order valence-electron chi connectivity index (χ2n) is 9.94. The van der Waals surface area contributed by atoms with Crippen molar-refractivity contribution in [2.24, 2.45) is 0 Å². The Kier molecular flexibility index (Phi) is 5.17. The number of aryl methyl sites for hydroxylation is 1. The number of benzene rings is 1. The molecular weight excluding hydrogens is 466 g/mol. The fourth-order valence-corrected chi connectivity index (χ4v) is 6.45. The second kappa shape index (κ2) is 8.15. The quantitative estimate of drug-likeness (QED) is 0.544. The van der Waals surface area contributed by atoms with Crippen LogP contribution < -0.4 is 10.6 Å². The summed E-state index contributed by atoms with van der Waals surface area (Å²) in [5, 5.41) is 11.2. The minimum atomic E-state index is -3.10. The number of carbonyl (C=O) groups excluding carboxylic acids is 2. The molecular formula is C25H27N5O4S. The highest BCUT2D eigenvalue weighted by Crippen LogP contribution is 2.41. The van der Waals surface area contributed by atoms with Crippen molar-refractivity contribution in [2.45, 2.75) is 57.0 Å². The Balaban J connectivity index is 1.35.